The molecule has 0 aliphatic carbocycles. The van der Waals surface area contributed by atoms with E-state index in [2.05, 4.69) is 0 Å². The number of rotatable bonds is 5. The average Bonchev–Trinajstić information content (AvgIpc) is 2.99. The van der Waals surface area contributed by atoms with Crippen LogP contribution in [0.4, 0.5) is 0 Å². The Kier molecular flexibility index (Phi) is 5.01. The van der Waals surface area contributed by atoms with E-state index in [-0.39, 0.29) is 18.8 Å². The number of para-hydroxylation sites is 1. The molecule has 1 fully saturated rings. The lowest BCUT2D eigenvalue weighted by atomic mass is 10.2. The fourth-order valence-electron chi connectivity index (χ4n) is 2.31. The maximum atomic E-state index is 12.3. The van der Waals surface area contributed by atoms with E-state index < -0.39 is 18.0 Å². The number of hydrogen-bond acceptors (Lipinski definition) is 5. The van der Waals surface area contributed by atoms with E-state index in [1.165, 1.54) is 0 Å². The third-order valence-corrected chi connectivity index (χ3v) is 3.95. The van der Waals surface area contributed by atoms with Crippen molar-refractivity contribution in [2.24, 2.45) is 0 Å². The molecule has 1 aliphatic heterocycles. The molecule has 1 aliphatic rings. The fraction of sp³-hybridized carbons (Fsp3) is 0.222. The van der Waals surface area contributed by atoms with Gasteiger partial charge in [0.15, 0.2) is 0 Å². The Bertz CT molecular complexity index is 759. The second-order valence-corrected chi connectivity index (χ2v) is 5.63. The predicted octanol–water partition coefficient (Wildman–Crippen LogP) is 3.39. The van der Waals surface area contributed by atoms with Crippen molar-refractivity contribution in [1.82, 2.24) is 0 Å². The molecule has 1 unspecified atom stereocenters. The smallest absolute Gasteiger partial charge is 0.347 e. The van der Waals surface area contributed by atoms with Gasteiger partial charge >= 0.3 is 11.9 Å². The number of carbonyl (C=O) groups is 2. The molecule has 124 valence electrons. The van der Waals surface area contributed by atoms with Gasteiger partial charge < -0.3 is 14.2 Å². The topological polar surface area (TPSA) is 61.8 Å². The molecule has 0 spiro atoms. The average molecular weight is 347 g/mol. The largest absolute Gasteiger partial charge is 0.488 e. The second-order valence-electron chi connectivity index (χ2n) is 5.23. The normalized spacial score (nSPS) is 16.5. The van der Waals surface area contributed by atoms with Crippen LogP contribution in [0.5, 0.6) is 5.75 Å². The number of carbonyl (C=O) groups excluding carboxylic acids is 2. The quantitative estimate of drug-likeness (QED) is 0.776. The predicted molar refractivity (Wildman–Crippen MR) is 87.0 cm³/mol. The molecule has 0 amide bonds. The number of benzene rings is 2. The van der Waals surface area contributed by atoms with Crippen molar-refractivity contribution in [1.29, 1.82) is 0 Å². The molecule has 24 heavy (non-hydrogen) atoms. The lowest BCUT2D eigenvalue weighted by molar-refractivity contribution is -0.145. The van der Waals surface area contributed by atoms with Gasteiger partial charge in [0.2, 0.25) is 6.10 Å². The van der Waals surface area contributed by atoms with Gasteiger partial charge in [-0.25, -0.2) is 9.59 Å². The lowest BCUT2D eigenvalue weighted by Gasteiger charge is -2.13. The molecule has 2 aromatic rings. The summed E-state index contributed by atoms with van der Waals surface area (Å²) in [7, 11) is 0. The molecular weight excluding hydrogens is 332 g/mol. The number of halogens is 1. The molecule has 1 atom stereocenters. The van der Waals surface area contributed by atoms with Gasteiger partial charge in [-0.3, -0.25) is 0 Å². The molecule has 5 nitrogen and oxygen atoms in total. The summed E-state index contributed by atoms with van der Waals surface area (Å²) >= 11 is 6.10. The summed E-state index contributed by atoms with van der Waals surface area (Å²) < 4.78 is 15.7. The maximum Gasteiger partial charge on any atom is 0.347 e. The molecule has 0 bridgehead atoms. The van der Waals surface area contributed by atoms with Gasteiger partial charge in [-0.05, 0) is 18.2 Å². The van der Waals surface area contributed by atoms with Crippen molar-refractivity contribution in [3.05, 3.63) is 64.7 Å². The summed E-state index contributed by atoms with van der Waals surface area (Å²) in [5, 5.41) is 0.589. The highest BCUT2D eigenvalue weighted by atomic mass is 35.5. The van der Waals surface area contributed by atoms with Crippen LogP contribution in [0.2, 0.25) is 5.02 Å². The lowest BCUT2D eigenvalue weighted by Crippen LogP contribution is -2.23. The second kappa shape index (κ2) is 7.36. The number of cyclic esters (lactones) is 1. The number of ether oxygens (including phenoxy) is 3. The summed E-state index contributed by atoms with van der Waals surface area (Å²) in [6.45, 7) is 0.483. The summed E-state index contributed by atoms with van der Waals surface area (Å²) in [4.78, 5) is 23.7. The van der Waals surface area contributed by atoms with Gasteiger partial charge in [0.05, 0.1) is 6.61 Å². The van der Waals surface area contributed by atoms with Crippen molar-refractivity contribution in [2.45, 2.75) is 19.1 Å². The molecule has 3 rings (SSSR count). The van der Waals surface area contributed by atoms with Crippen molar-refractivity contribution < 1.29 is 23.8 Å². The summed E-state index contributed by atoms with van der Waals surface area (Å²) in [5.74, 6) is -0.764. The molecule has 0 N–H and O–H groups in total. The molecule has 1 saturated heterocycles. The van der Waals surface area contributed by atoms with Crippen molar-refractivity contribution in [3.63, 3.8) is 0 Å². The van der Waals surface area contributed by atoms with E-state index in [1.807, 2.05) is 18.2 Å². The number of hydrogen-bond donors (Lipinski definition) is 0. The van der Waals surface area contributed by atoms with E-state index in [0.29, 0.717) is 17.2 Å². The number of esters is 2. The van der Waals surface area contributed by atoms with E-state index >= 15 is 0 Å². The van der Waals surface area contributed by atoms with E-state index in [0.717, 1.165) is 5.56 Å². The Morgan fingerprint density at radius 3 is 2.67 bits per heavy atom. The van der Waals surface area contributed by atoms with Gasteiger partial charge in [0, 0.05) is 17.0 Å². The van der Waals surface area contributed by atoms with Gasteiger partial charge in [-0.15, -0.1) is 0 Å². The molecule has 0 aromatic heterocycles. The van der Waals surface area contributed by atoms with Crippen molar-refractivity contribution >= 4 is 23.5 Å². The Labute approximate surface area is 144 Å². The highest BCUT2D eigenvalue weighted by Crippen LogP contribution is 2.24. The fourth-order valence-corrected chi connectivity index (χ4v) is 2.50. The maximum absolute atomic E-state index is 12.3. The van der Waals surface area contributed by atoms with Crippen molar-refractivity contribution in [3.8, 4) is 5.75 Å². The summed E-state index contributed by atoms with van der Waals surface area (Å²) in [6, 6.07) is 14.0. The van der Waals surface area contributed by atoms with Gasteiger partial charge in [0.25, 0.3) is 0 Å². The van der Waals surface area contributed by atoms with Crippen LogP contribution in [0.1, 0.15) is 22.3 Å². The van der Waals surface area contributed by atoms with Crippen LogP contribution in [-0.2, 0) is 20.9 Å². The molecule has 2 aromatic carbocycles. The monoisotopic (exact) mass is 346 g/mol. The third-order valence-electron chi connectivity index (χ3n) is 3.58. The minimum absolute atomic E-state index is 0.218. The molecule has 1 heterocycles. The Morgan fingerprint density at radius 1 is 1.17 bits per heavy atom. The first-order valence-corrected chi connectivity index (χ1v) is 7.86. The minimum Gasteiger partial charge on any atom is -0.488 e. The first-order valence-electron chi connectivity index (χ1n) is 7.48. The van der Waals surface area contributed by atoms with Gasteiger partial charge in [-0.2, -0.15) is 0 Å². The Hall–Kier alpha value is -2.53. The third kappa shape index (κ3) is 3.68. The zero-order valence-corrected chi connectivity index (χ0v) is 13.5. The first-order chi connectivity index (χ1) is 11.6. The van der Waals surface area contributed by atoms with E-state index in [4.69, 9.17) is 25.8 Å². The van der Waals surface area contributed by atoms with Crippen LogP contribution >= 0.6 is 11.6 Å². The first kappa shape index (κ1) is 16.3. The highest BCUT2D eigenvalue weighted by molar-refractivity contribution is 6.31. The van der Waals surface area contributed by atoms with Crippen LogP contribution in [0.15, 0.2) is 48.5 Å². The van der Waals surface area contributed by atoms with Crippen LogP contribution in [-0.4, -0.2) is 24.6 Å². The molecule has 0 radical (unpaired) electrons. The molecule has 0 saturated carbocycles. The summed E-state index contributed by atoms with van der Waals surface area (Å²) in [5.41, 5.74) is 1.06. The van der Waals surface area contributed by atoms with Crippen LogP contribution < -0.4 is 4.74 Å². The molecular formula is C18H15ClO5. The van der Waals surface area contributed by atoms with Gasteiger partial charge in [0.1, 0.15) is 17.9 Å². The SMILES string of the molecule is O=C(OC1CCOC1=O)c1ccccc1OCc1ccccc1Cl. The highest BCUT2D eigenvalue weighted by Gasteiger charge is 2.31. The van der Waals surface area contributed by atoms with Crippen molar-refractivity contribution in [2.75, 3.05) is 6.61 Å². The van der Waals surface area contributed by atoms with Crippen LogP contribution in [0.25, 0.3) is 0 Å². The molecule has 6 heteroatoms. The van der Waals surface area contributed by atoms with Crippen LogP contribution in [0, 0.1) is 0 Å². The summed E-state index contributed by atoms with van der Waals surface area (Å²) in [6.07, 6.45) is -0.484. The minimum atomic E-state index is -0.853. The van der Waals surface area contributed by atoms with E-state index in [9.17, 15) is 9.59 Å². The van der Waals surface area contributed by atoms with Gasteiger partial charge in [-0.1, -0.05) is 41.9 Å². The Morgan fingerprint density at radius 2 is 1.92 bits per heavy atom. The van der Waals surface area contributed by atoms with E-state index in [1.54, 1.807) is 30.3 Å². The standard InChI is InChI=1S/C18H15ClO5/c19-14-7-3-1-5-12(14)11-23-15-8-4-2-6-13(15)17(20)24-16-9-10-22-18(16)21/h1-8,16H,9-11H2. The Balaban J connectivity index is 1.71. The van der Waals surface area contributed by atoms with Crippen LogP contribution in [0.3, 0.4) is 0 Å². The zero-order valence-electron chi connectivity index (χ0n) is 12.7. The zero-order chi connectivity index (χ0) is 16.9.